The monoisotopic (exact) mass is 289 g/mol. The molecule has 1 aromatic rings. The molecule has 98 valence electrons. The van der Waals surface area contributed by atoms with Crippen molar-refractivity contribution in [3.63, 3.8) is 0 Å². The van der Waals surface area contributed by atoms with Gasteiger partial charge in [-0.1, -0.05) is 11.6 Å². The average Bonchev–Trinajstić information content (AvgIpc) is 2.54. The smallest absolute Gasteiger partial charge is 0.246 e. The number of pyridine rings is 1. The maximum atomic E-state index is 12.3. The number of nitrogens with one attached hydrogen (secondary N) is 1. The highest BCUT2D eigenvalue weighted by Gasteiger charge is 2.29. The lowest BCUT2D eigenvalue weighted by Crippen LogP contribution is -2.37. The molecule has 6 nitrogen and oxygen atoms in total. The molecule has 1 aromatic heterocycles. The predicted octanol–water partition coefficient (Wildman–Crippen LogP) is 0.246. The van der Waals surface area contributed by atoms with Crippen LogP contribution in [0.5, 0.6) is 0 Å². The Hall–Kier alpha value is -1.18. The summed E-state index contributed by atoms with van der Waals surface area (Å²) in [6.45, 7) is 0.575. The van der Waals surface area contributed by atoms with Crippen LogP contribution in [0.4, 0.5) is 0 Å². The van der Waals surface area contributed by atoms with Crippen molar-refractivity contribution in [1.82, 2.24) is 14.6 Å². The van der Waals surface area contributed by atoms with Crippen LogP contribution in [0.2, 0.25) is 5.02 Å². The van der Waals surface area contributed by atoms with Crippen molar-refractivity contribution >= 4 is 27.5 Å². The molecular weight excluding hydrogens is 278 g/mol. The van der Waals surface area contributed by atoms with Crippen LogP contribution in [0.3, 0.4) is 0 Å². The Morgan fingerprint density at radius 1 is 1.44 bits per heavy atom. The van der Waals surface area contributed by atoms with Crippen LogP contribution in [-0.2, 0) is 14.8 Å². The van der Waals surface area contributed by atoms with Gasteiger partial charge in [0.1, 0.15) is 4.90 Å². The molecule has 0 atom stereocenters. The van der Waals surface area contributed by atoms with Crippen LogP contribution >= 0.6 is 11.6 Å². The van der Waals surface area contributed by atoms with E-state index in [1.165, 1.54) is 18.5 Å². The Labute approximate surface area is 110 Å². The van der Waals surface area contributed by atoms with Gasteiger partial charge < -0.3 is 5.32 Å². The zero-order valence-electron chi connectivity index (χ0n) is 9.47. The largest absolute Gasteiger partial charge is 0.355 e. The van der Waals surface area contributed by atoms with E-state index in [4.69, 9.17) is 11.6 Å². The number of sulfonamides is 1. The van der Waals surface area contributed by atoms with Crippen molar-refractivity contribution in [1.29, 1.82) is 0 Å². The second-order valence-electron chi connectivity index (χ2n) is 3.85. The van der Waals surface area contributed by atoms with Crippen molar-refractivity contribution in [3.05, 3.63) is 23.5 Å². The summed E-state index contributed by atoms with van der Waals surface area (Å²) in [5.74, 6) is -0.309. The molecule has 0 spiro atoms. The summed E-state index contributed by atoms with van der Waals surface area (Å²) >= 11 is 5.86. The van der Waals surface area contributed by atoms with E-state index < -0.39 is 10.0 Å². The van der Waals surface area contributed by atoms with E-state index in [2.05, 4.69) is 10.3 Å². The number of rotatable bonds is 2. The van der Waals surface area contributed by atoms with Crippen molar-refractivity contribution in [2.45, 2.75) is 11.3 Å². The quantitative estimate of drug-likeness (QED) is 0.846. The molecule has 18 heavy (non-hydrogen) atoms. The molecule has 2 heterocycles. The number of nitrogens with zero attached hydrogens (tertiary/aromatic N) is 2. The van der Waals surface area contributed by atoms with Crippen molar-refractivity contribution in [2.75, 3.05) is 19.6 Å². The van der Waals surface area contributed by atoms with Gasteiger partial charge in [0.05, 0.1) is 11.6 Å². The van der Waals surface area contributed by atoms with E-state index in [-0.39, 0.29) is 28.9 Å². The lowest BCUT2D eigenvalue weighted by atomic mass is 10.4. The first-order chi connectivity index (χ1) is 8.51. The van der Waals surface area contributed by atoms with Gasteiger partial charge in [0.25, 0.3) is 0 Å². The van der Waals surface area contributed by atoms with Crippen LogP contribution in [0.1, 0.15) is 6.42 Å². The number of hydrogen-bond donors (Lipinski definition) is 1. The van der Waals surface area contributed by atoms with Gasteiger partial charge >= 0.3 is 0 Å². The third-order valence-electron chi connectivity index (χ3n) is 2.58. The van der Waals surface area contributed by atoms with Crippen LogP contribution in [0.25, 0.3) is 0 Å². The topological polar surface area (TPSA) is 79.4 Å². The molecule has 1 aliphatic rings. The first-order valence-electron chi connectivity index (χ1n) is 5.38. The van der Waals surface area contributed by atoms with E-state index >= 15 is 0 Å². The predicted molar refractivity (Wildman–Crippen MR) is 65.6 cm³/mol. The molecule has 8 heteroatoms. The first-order valence-corrected chi connectivity index (χ1v) is 7.20. The SMILES string of the molecule is O=C1CN(S(=O)(=O)c2cnccc2Cl)CCCN1. The summed E-state index contributed by atoms with van der Waals surface area (Å²) in [6.07, 6.45) is 3.18. The van der Waals surface area contributed by atoms with Crippen molar-refractivity contribution < 1.29 is 13.2 Å². The Kier molecular flexibility index (Phi) is 3.84. The summed E-state index contributed by atoms with van der Waals surface area (Å²) in [5, 5.41) is 2.73. The molecule has 1 saturated heterocycles. The lowest BCUT2D eigenvalue weighted by molar-refractivity contribution is -0.120. The third kappa shape index (κ3) is 2.63. The van der Waals surface area contributed by atoms with Gasteiger partial charge in [-0.2, -0.15) is 4.31 Å². The average molecular weight is 290 g/mol. The zero-order valence-corrected chi connectivity index (χ0v) is 11.0. The van der Waals surface area contributed by atoms with Crippen molar-refractivity contribution in [3.8, 4) is 0 Å². The molecule has 0 bridgehead atoms. The fourth-order valence-electron chi connectivity index (χ4n) is 1.68. The number of aromatic nitrogens is 1. The maximum absolute atomic E-state index is 12.3. The molecule has 0 aliphatic carbocycles. The van der Waals surface area contributed by atoms with Gasteiger partial charge in [-0.25, -0.2) is 8.42 Å². The molecule has 1 N–H and O–H groups in total. The zero-order chi connectivity index (χ0) is 13.2. The Morgan fingerprint density at radius 2 is 2.22 bits per heavy atom. The molecule has 1 fully saturated rings. The Balaban J connectivity index is 2.36. The molecule has 1 aliphatic heterocycles. The van der Waals surface area contributed by atoms with E-state index in [1.54, 1.807) is 0 Å². The second kappa shape index (κ2) is 5.21. The van der Waals surface area contributed by atoms with E-state index in [0.717, 1.165) is 4.31 Å². The van der Waals surface area contributed by atoms with E-state index in [1.807, 2.05) is 0 Å². The molecule has 0 radical (unpaired) electrons. The van der Waals surface area contributed by atoms with Gasteiger partial charge in [0.15, 0.2) is 0 Å². The second-order valence-corrected chi connectivity index (χ2v) is 6.16. The summed E-state index contributed by atoms with van der Waals surface area (Å²) in [4.78, 5) is 15.1. The molecule has 2 rings (SSSR count). The third-order valence-corrected chi connectivity index (χ3v) is 4.89. The number of hydrogen-bond acceptors (Lipinski definition) is 4. The van der Waals surface area contributed by atoms with Gasteiger partial charge in [-0.3, -0.25) is 9.78 Å². The lowest BCUT2D eigenvalue weighted by Gasteiger charge is -2.18. The first kappa shape index (κ1) is 13.3. The molecule has 0 aromatic carbocycles. The molecular formula is C10H12ClN3O3S. The van der Waals surface area contributed by atoms with Gasteiger partial charge in [0, 0.05) is 25.5 Å². The number of amides is 1. The van der Waals surface area contributed by atoms with Crippen LogP contribution in [0, 0.1) is 0 Å². The van der Waals surface area contributed by atoms with Crippen LogP contribution < -0.4 is 5.32 Å². The minimum absolute atomic E-state index is 0.0682. The van der Waals surface area contributed by atoms with Gasteiger partial charge in [0.2, 0.25) is 15.9 Å². The summed E-state index contributed by atoms with van der Waals surface area (Å²) in [7, 11) is -3.77. The fourth-order valence-corrected chi connectivity index (χ4v) is 3.52. The molecule has 0 unspecified atom stereocenters. The summed E-state index contributed by atoms with van der Waals surface area (Å²) < 4.78 is 25.8. The Bertz CT molecular complexity index is 561. The summed E-state index contributed by atoms with van der Waals surface area (Å²) in [5.41, 5.74) is 0. The van der Waals surface area contributed by atoms with Gasteiger partial charge in [-0.05, 0) is 12.5 Å². The number of halogens is 1. The van der Waals surface area contributed by atoms with Crippen LogP contribution in [-0.4, -0.2) is 43.2 Å². The normalized spacial score (nSPS) is 18.2. The highest BCUT2D eigenvalue weighted by molar-refractivity contribution is 7.89. The van der Waals surface area contributed by atoms with E-state index in [9.17, 15) is 13.2 Å². The number of carbonyl (C=O) groups excluding carboxylic acids is 1. The summed E-state index contributed by atoms with van der Waals surface area (Å²) in [6, 6.07) is 1.41. The van der Waals surface area contributed by atoms with Crippen LogP contribution in [0.15, 0.2) is 23.4 Å². The Morgan fingerprint density at radius 3 is 2.94 bits per heavy atom. The standard InChI is InChI=1S/C10H12ClN3O3S/c11-8-2-4-12-6-9(8)18(16,17)14-5-1-3-13-10(15)7-14/h2,4,6H,1,3,5,7H2,(H,13,15). The van der Waals surface area contributed by atoms with E-state index in [0.29, 0.717) is 13.0 Å². The highest BCUT2D eigenvalue weighted by atomic mass is 35.5. The number of carbonyl (C=O) groups is 1. The minimum Gasteiger partial charge on any atom is -0.355 e. The highest BCUT2D eigenvalue weighted by Crippen LogP contribution is 2.23. The van der Waals surface area contributed by atoms with Gasteiger partial charge in [-0.15, -0.1) is 0 Å². The fraction of sp³-hybridized carbons (Fsp3) is 0.400. The minimum atomic E-state index is -3.77. The molecule has 0 saturated carbocycles. The maximum Gasteiger partial charge on any atom is 0.246 e. The molecule has 1 amide bonds. The van der Waals surface area contributed by atoms with Crippen molar-refractivity contribution in [2.24, 2.45) is 0 Å².